The lowest BCUT2D eigenvalue weighted by Crippen LogP contribution is -2.38. The molecular formula is C32H24N2O6S2. The van der Waals surface area contributed by atoms with Crippen molar-refractivity contribution in [2.75, 3.05) is 8.61 Å². The molecule has 0 spiro atoms. The van der Waals surface area contributed by atoms with E-state index >= 15 is 0 Å². The number of amides is 2. The molecule has 0 radical (unpaired) electrons. The van der Waals surface area contributed by atoms with E-state index in [9.17, 15) is 26.4 Å². The third kappa shape index (κ3) is 5.58. The van der Waals surface area contributed by atoms with E-state index in [1.54, 1.807) is 72.8 Å². The van der Waals surface area contributed by atoms with E-state index in [1.165, 1.54) is 72.8 Å². The van der Waals surface area contributed by atoms with Crippen LogP contribution in [0.4, 0.5) is 11.4 Å². The number of hydrogen-bond acceptors (Lipinski definition) is 6. The molecule has 0 heterocycles. The van der Waals surface area contributed by atoms with Crippen molar-refractivity contribution < 1.29 is 26.4 Å². The molecule has 0 unspecified atom stereocenters. The third-order valence-electron chi connectivity index (χ3n) is 6.29. The van der Waals surface area contributed by atoms with Crippen LogP contribution in [-0.4, -0.2) is 28.6 Å². The van der Waals surface area contributed by atoms with Gasteiger partial charge in [0.05, 0.1) is 21.2 Å². The van der Waals surface area contributed by atoms with Crippen molar-refractivity contribution in [1.82, 2.24) is 0 Å². The average Bonchev–Trinajstić information content (AvgIpc) is 3.03. The summed E-state index contributed by atoms with van der Waals surface area (Å²) in [6, 6.07) is 36.0. The van der Waals surface area contributed by atoms with Crippen LogP contribution in [0.25, 0.3) is 0 Å². The maximum atomic E-state index is 13.7. The molecule has 0 aromatic heterocycles. The summed E-state index contributed by atoms with van der Waals surface area (Å²) in [5, 5.41) is 0. The fraction of sp³-hybridized carbons (Fsp3) is 0. The van der Waals surface area contributed by atoms with E-state index in [-0.39, 0.29) is 32.3 Å². The lowest BCUT2D eigenvalue weighted by molar-refractivity contribution is 0.0996. The Morgan fingerprint density at radius 1 is 0.381 bits per heavy atom. The highest BCUT2D eigenvalue weighted by atomic mass is 32.2. The summed E-state index contributed by atoms with van der Waals surface area (Å²) in [5.74, 6) is -1.61. The van der Waals surface area contributed by atoms with Gasteiger partial charge in [-0.3, -0.25) is 9.59 Å². The number of anilines is 2. The molecule has 2 amide bonds. The molecule has 0 atom stereocenters. The van der Waals surface area contributed by atoms with Crippen LogP contribution in [0.15, 0.2) is 155 Å². The standard InChI is InChI=1S/C32H24N2O6S2/c35-31(25-13-5-1-6-14-25)33(41(37,38)29-17-9-3-10-18-29)27-21-23-28(24-22-27)34(32(36)26-15-7-2-8-16-26)42(39,40)30-19-11-4-12-20-30/h1-24H. The minimum Gasteiger partial charge on any atom is -0.268 e. The van der Waals surface area contributed by atoms with Gasteiger partial charge in [0.15, 0.2) is 0 Å². The molecule has 5 rings (SSSR count). The second kappa shape index (κ2) is 11.8. The highest BCUT2D eigenvalue weighted by molar-refractivity contribution is 7.94. The molecule has 0 bridgehead atoms. The van der Waals surface area contributed by atoms with Gasteiger partial charge in [-0.05, 0) is 72.8 Å². The van der Waals surface area contributed by atoms with E-state index in [0.717, 1.165) is 0 Å². The fourth-order valence-corrected chi connectivity index (χ4v) is 7.12. The topological polar surface area (TPSA) is 109 Å². The van der Waals surface area contributed by atoms with Crippen molar-refractivity contribution in [1.29, 1.82) is 0 Å². The Labute approximate surface area is 244 Å². The minimum absolute atomic E-state index is 0.0410. The summed E-state index contributed by atoms with van der Waals surface area (Å²) >= 11 is 0. The van der Waals surface area contributed by atoms with Gasteiger partial charge in [0.1, 0.15) is 0 Å². The summed E-state index contributed by atoms with van der Waals surface area (Å²) in [4.78, 5) is 27.0. The first kappa shape index (κ1) is 28.5. The van der Waals surface area contributed by atoms with Crippen molar-refractivity contribution in [3.63, 3.8) is 0 Å². The fourth-order valence-electron chi connectivity index (χ4n) is 4.25. The van der Waals surface area contributed by atoms with Crippen LogP contribution in [-0.2, 0) is 20.0 Å². The summed E-state index contributed by atoms with van der Waals surface area (Å²) in [7, 11) is -8.76. The van der Waals surface area contributed by atoms with E-state index in [1.807, 2.05) is 0 Å². The molecule has 10 heteroatoms. The van der Waals surface area contributed by atoms with Crippen molar-refractivity contribution in [3.05, 3.63) is 157 Å². The number of sulfonamides is 2. The molecule has 0 aliphatic carbocycles. The molecule has 0 saturated heterocycles. The minimum atomic E-state index is -4.38. The molecule has 8 nitrogen and oxygen atoms in total. The molecule has 0 aliphatic rings. The summed E-state index contributed by atoms with van der Waals surface area (Å²) in [6.45, 7) is 0. The Bertz CT molecular complexity index is 1770. The normalized spacial score (nSPS) is 11.4. The zero-order chi connectivity index (χ0) is 29.7. The van der Waals surface area contributed by atoms with E-state index in [4.69, 9.17) is 0 Å². The number of carbonyl (C=O) groups excluding carboxylic acids is 2. The number of benzene rings is 5. The van der Waals surface area contributed by atoms with Crippen molar-refractivity contribution in [2.24, 2.45) is 0 Å². The van der Waals surface area contributed by atoms with Crippen LogP contribution >= 0.6 is 0 Å². The van der Waals surface area contributed by atoms with Gasteiger partial charge in [-0.15, -0.1) is 0 Å². The zero-order valence-electron chi connectivity index (χ0n) is 22.0. The predicted octanol–water partition coefficient (Wildman–Crippen LogP) is 5.76. The van der Waals surface area contributed by atoms with Gasteiger partial charge in [0, 0.05) is 11.1 Å². The van der Waals surface area contributed by atoms with E-state index < -0.39 is 31.9 Å². The average molecular weight is 597 g/mol. The summed E-state index contributed by atoms with van der Waals surface area (Å²) < 4.78 is 56.3. The van der Waals surface area contributed by atoms with Crippen LogP contribution in [0, 0.1) is 0 Å². The first-order valence-corrected chi connectivity index (χ1v) is 15.6. The van der Waals surface area contributed by atoms with Gasteiger partial charge in [-0.1, -0.05) is 72.8 Å². The lowest BCUT2D eigenvalue weighted by Gasteiger charge is -2.25. The smallest absolute Gasteiger partial charge is 0.268 e. The maximum absolute atomic E-state index is 13.7. The monoisotopic (exact) mass is 596 g/mol. The first-order valence-electron chi connectivity index (χ1n) is 12.7. The van der Waals surface area contributed by atoms with E-state index in [2.05, 4.69) is 0 Å². The molecule has 5 aromatic rings. The van der Waals surface area contributed by atoms with Gasteiger partial charge >= 0.3 is 0 Å². The summed E-state index contributed by atoms with van der Waals surface area (Å²) in [5.41, 5.74) is 0.184. The third-order valence-corrected chi connectivity index (χ3v) is 9.74. The predicted molar refractivity (Wildman–Crippen MR) is 160 cm³/mol. The second-order valence-corrected chi connectivity index (χ2v) is 12.6. The lowest BCUT2D eigenvalue weighted by atomic mass is 10.2. The van der Waals surface area contributed by atoms with Crippen molar-refractivity contribution >= 4 is 43.2 Å². The van der Waals surface area contributed by atoms with Gasteiger partial charge in [0.25, 0.3) is 31.9 Å². The Morgan fingerprint density at radius 3 is 0.929 bits per heavy atom. The summed E-state index contributed by atoms with van der Waals surface area (Å²) in [6.07, 6.45) is 0. The Hall–Kier alpha value is -5.06. The SMILES string of the molecule is O=C(c1ccccc1)N(c1ccc(N(C(=O)c2ccccc2)S(=O)(=O)c2ccccc2)cc1)S(=O)(=O)c1ccccc1. The van der Waals surface area contributed by atoms with Crippen LogP contribution in [0.1, 0.15) is 20.7 Å². The van der Waals surface area contributed by atoms with Crippen LogP contribution in [0.2, 0.25) is 0 Å². The molecule has 0 N–H and O–H groups in total. The highest BCUT2D eigenvalue weighted by Crippen LogP contribution is 2.31. The van der Waals surface area contributed by atoms with Gasteiger partial charge in [-0.25, -0.2) is 16.8 Å². The molecule has 0 fully saturated rings. The molecule has 210 valence electrons. The number of nitrogens with zero attached hydrogens (tertiary/aromatic N) is 2. The zero-order valence-corrected chi connectivity index (χ0v) is 23.6. The van der Waals surface area contributed by atoms with Gasteiger partial charge in [0.2, 0.25) is 0 Å². The van der Waals surface area contributed by atoms with Crippen LogP contribution in [0.3, 0.4) is 0 Å². The van der Waals surface area contributed by atoms with E-state index in [0.29, 0.717) is 8.61 Å². The second-order valence-electron chi connectivity index (χ2n) is 9.02. The molecule has 5 aromatic carbocycles. The number of carbonyl (C=O) groups is 2. The molecule has 42 heavy (non-hydrogen) atoms. The Morgan fingerprint density at radius 2 is 0.643 bits per heavy atom. The van der Waals surface area contributed by atoms with Gasteiger partial charge < -0.3 is 0 Å². The molecular weight excluding hydrogens is 572 g/mol. The van der Waals surface area contributed by atoms with Crippen LogP contribution < -0.4 is 8.61 Å². The largest absolute Gasteiger partial charge is 0.272 e. The van der Waals surface area contributed by atoms with Crippen molar-refractivity contribution in [2.45, 2.75) is 9.79 Å². The Balaban J connectivity index is 1.63. The molecule has 0 saturated carbocycles. The van der Waals surface area contributed by atoms with Gasteiger partial charge in [-0.2, -0.15) is 8.61 Å². The quantitative estimate of drug-likeness (QED) is 0.225. The number of rotatable bonds is 8. The highest BCUT2D eigenvalue weighted by Gasteiger charge is 2.34. The Kier molecular flexibility index (Phi) is 8.01. The maximum Gasteiger partial charge on any atom is 0.272 e. The number of hydrogen-bond donors (Lipinski definition) is 0. The molecule has 0 aliphatic heterocycles. The van der Waals surface area contributed by atoms with Crippen molar-refractivity contribution in [3.8, 4) is 0 Å². The first-order chi connectivity index (χ1) is 20.2. The van der Waals surface area contributed by atoms with Crippen LogP contribution in [0.5, 0.6) is 0 Å².